The summed E-state index contributed by atoms with van der Waals surface area (Å²) in [6.07, 6.45) is 26.3. The third-order valence-electron chi connectivity index (χ3n) is 5.33. The van der Waals surface area contributed by atoms with E-state index in [0.717, 1.165) is 13.0 Å². The molecule has 2 nitrogen and oxygen atoms in total. The van der Waals surface area contributed by atoms with Gasteiger partial charge in [-0.05, 0) is 13.5 Å². The molecular weight excluding hydrogens is 306 g/mol. The fourth-order valence-corrected chi connectivity index (χ4v) is 3.62. The lowest BCUT2D eigenvalue weighted by atomic mass is 10.0. The number of aliphatic hydroxyl groups excluding tert-OH is 1. The van der Waals surface area contributed by atoms with Crippen LogP contribution in [0.2, 0.25) is 0 Å². The predicted octanol–water partition coefficient (Wildman–Crippen LogP) is 7.00. The van der Waals surface area contributed by atoms with Gasteiger partial charge in [-0.15, -0.1) is 0 Å². The van der Waals surface area contributed by atoms with Crippen molar-refractivity contribution >= 4 is 0 Å². The van der Waals surface area contributed by atoms with Crippen LogP contribution in [-0.4, -0.2) is 24.8 Å². The summed E-state index contributed by atoms with van der Waals surface area (Å²) in [4.78, 5) is 0. The van der Waals surface area contributed by atoms with Gasteiger partial charge in [0.1, 0.15) is 0 Å². The van der Waals surface area contributed by atoms with E-state index in [4.69, 9.17) is 0 Å². The maximum Gasteiger partial charge on any atom is 0.0664 e. The predicted molar refractivity (Wildman–Crippen MR) is 113 cm³/mol. The molecule has 0 aliphatic heterocycles. The number of rotatable bonds is 21. The third-order valence-corrected chi connectivity index (χ3v) is 5.33. The van der Waals surface area contributed by atoms with Crippen LogP contribution in [0.3, 0.4) is 0 Å². The normalized spacial score (nSPS) is 12.6. The molecule has 0 amide bonds. The number of likely N-dealkylation sites (N-methyl/N-ethyl adjacent to an activating group) is 1. The largest absolute Gasteiger partial charge is 0.392 e. The first kappa shape index (κ1) is 24.9. The molecule has 0 rings (SSSR count). The summed E-state index contributed by atoms with van der Waals surface area (Å²) in [5.41, 5.74) is 0. The van der Waals surface area contributed by atoms with Gasteiger partial charge >= 0.3 is 0 Å². The molecule has 0 spiro atoms. The molecule has 0 saturated carbocycles. The van der Waals surface area contributed by atoms with Crippen molar-refractivity contribution in [2.75, 3.05) is 13.6 Å². The highest BCUT2D eigenvalue weighted by atomic mass is 16.3. The molecule has 2 heteroatoms. The van der Waals surface area contributed by atoms with Gasteiger partial charge < -0.3 is 10.4 Å². The smallest absolute Gasteiger partial charge is 0.0664 e. The molecule has 0 aliphatic rings. The monoisotopic (exact) mass is 355 g/mol. The second-order valence-corrected chi connectivity index (χ2v) is 8.01. The molecule has 2 N–H and O–H groups in total. The summed E-state index contributed by atoms with van der Waals surface area (Å²) >= 11 is 0. The molecule has 0 fully saturated rings. The summed E-state index contributed by atoms with van der Waals surface area (Å²) in [5, 5.41) is 12.6. The van der Waals surface area contributed by atoms with Crippen LogP contribution in [-0.2, 0) is 0 Å². The van der Waals surface area contributed by atoms with Crippen molar-refractivity contribution < 1.29 is 5.11 Å². The van der Waals surface area contributed by atoms with E-state index in [-0.39, 0.29) is 6.10 Å². The Hall–Kier alpha value is -0.0800. The first-order valence-electron chi connectivity index (χ1n) is 11.6. The van der Waals surface area contributed by atoms with Crippen LogP contribution in [0.1, 0.15) is 129 Å². The maximum atomic E-state index is 9.62. The highest BCUT2D eigenvalue weighted by Gasteiger charge is 2.01. The Labute approximate surface area is 159 Å². The number of hydrogen-bond acceptors (Lipinski definition) is 2. The second-order valence-electron chi connectivity index (χ2n) is 8.01. The van der Waals surface area contributed by atoms with Crippen LogP contribution in [0.15, 0.2) is 0 Å². The minimum Gasteiger partial charge on any atom is -0.392 e. The lowest BCUT2D eigenvalue weighted by Crippen LogP contribution is -2.23. The van der Waals surface area contributed by atoms with E-state index in [0.29, 0.717) is 0 Å². The molecule has 0 bridgehead atoms. The fourth-order valence-electron chi connectivity index (χ4n) is 3.62. The summed E-state index contributed by atoms with van der Waals surface area (Å²) < 4.78 is 0. The minimum atomic E-state index is -0.147. The zero-order valence-electron chi connectivity index (χ0n) is 17.7. The van der Waals surface area contributed by atoms with E-state index >= 15 is 0 Å². The van der Waals surface area contributed by atoms with E-state index in [2.05, 4.69) is 12.2 Å². The molecule has 0 aromatic carbocycles. The Bertz CT molecular complexity index is 232. The Morgan fingerprint density at radius 2 is 0.880 bits per heavy atom. The first-order chi connectivity index (χ1) is 12.3. The fraction of sp³-hybridized carbons (Fsp3) is 1.00. The van der Waals surface area contributed by atoms with E-state index in [1.165, 1.54) is 116 Å². The van der Waals surface area contributed by atoms with E-state index in [1.54, 1.807) is 0 Å². The van der Waals surface area contributed by atoms with Crippen molar-refractivity contribution in [2.24, 2.45) is 0 Å². The van der Waals surface area contributed by atoms with Gasteiger partial charge in [-0.25, -0.2) is 0 Å². The van der Waals surface area contributed by atoms with E-state index in [9.17, 15) is 5.11 Å². The van der Waals surface area contributed by atoms with E-state index in [1.807, 2.05) is 7.05 Å². The Morgan fingerprint density at radius 1 is 0.560 bits per heavy atom. The van der Waals surface area contributed by atoms with Crippen LogP contribution in [0.5, 0.6) is 0 Å². The average molecular weight is 356 g/mol. The quantitative estimate of drug-likeness (QED) is 0.217. The van der Waals surface area contributed by atoms with Crippen LogP contribution in [0.4, 0.5) is 0 Å². The highest BCUT2D eigenvalue weighted by Crippen LogP contribution is 2.14. The molecule has 0 aromatic rings. The van der Waals surface area contributed by atoms with Gasteiger partial charge in [0.25, 0.3) is 0 Å². The van der Waals surface area contributed by atoms with Crippen LogP contribution < -0.4 is 5.32 Å². The number of nitrogens with one attached hydrogen (secondary N) is 1. The molecule has 1 unspecified atom stereocenters. The summed E-state index contributed by atoms with van der Waals surface area (Å²) in [6, 6.07) is 0. The minimum absolute atomic E-state index is 0.147. The highest BCUT2D eigenvalue weighted by molar-refractivity contribution is 4.57. The lowest BCUT2D eigenvalue weighted by molar-refractivity contribution is 0.160. The second kappa shape index (κ2) is 22.0. The van der Waals surface area contributed by atoms with Gasteiger partial charge in [0.15, 0.2) is 0 Å². The van der Waals surface area contributed by atoms with Crippen molar-refractivity contribution in [3.05, 3.63) is 0 Å². The summed E-state index contributed by atoms with van der Waals surface area (Å²) in [7, 11) is 1.90. The molecule has 1 atom stereocenters. The lowest BCUT2D eigenvalue weighted by Gasteiger charge is -2.09. The van der Waals surface area contributed by atoms with Crippen molar-refractivity contribution in [2.45, 2.75) is 135 Å². The zero-order valence-corrected chi connectivity index (χ0v) is 17.7. The molecule has 0 aliphatic carbocycles. The van der Waals surface area contributed by atoms with Gasteiger partial charge in [0.2, 0.25) is 0 Å². The standard InChI is InChI=1S/C23H49NO/c1-3-4-5-6-7-8-9-10-11-12-13-14-15-16-17-18-19-20-21-23(25)22-24-2/h23-25H,3-22H2,1-2H3. The summed E-state index contributed by atoms with van der Waals surface area (Å²) in [6.45, 7) is 3.03. The van der Waals surface area contributed by atoms with Gasteiger partial charge in [0, 0.05) is 6.54 Å². The first-order valence-corrected chi connectivity index (χ1v) is 11.6. The van der Waals surface area contributed by atoms with Crippen molar-refractivity contribution in [1.29, 1.82) is 0 Å². The van der Waals surface area contributed by atoms with Gasteiger partial charge in [0.05, 0.1) is 6.10 Å². The Kier molecular flexibility index (Phi) is 21.9. The van der Waals surface area contributed by atoms with E-state index < -0.39 is 0 Å². The Balaban J connectivity index is 3.00. The van der Waals surface area contributed by atoms with Gasteiger partial charge in [-0.3, -0.25) is 0 Å². The van der Waals surface area contributed by atoms with Crippen molar-refractivity contribution in [3.8, 4) is 0 Å². The topological polar surface area (TPSA) is 32.3 Å². The number of unbranched alkanes of at least 4 members (excludes halogenated alkanes) is 17. The molecule has 152 valence electrons. The number of hydrogen-bond donors (Lipinski definition) is 2. The molecule has 0 saturated heterocycles. The zero-order chi connectivity index (χ0) is 18.4. The van der Waals surface area contributed by atoms with Gasteiger partial charge in [-0.2, -0.15) is 0 Å². The SMILES string of the molecule is CCCCCCCCCCCCCCCCCCCCC(O)CNC. The molecule has 0 heterocycles. The summed E-state index contributed by atoms with van der Waals surface area (Å²) in [5.74, 6) is 0. The molecule has 0 aromatic heterocycles. The van der Waals surface area contributed by atoms with Crippen LogP contribution >= 0.6 is 0 Å². The molecule has 25 heavy (non-hydrogen) atoms. The maximum absolute atomic E-state index is 9.62. The Morgan fingerprint density at radius 3 is 1.20 bits per heavy atom. The molecule has 0 radical (unpaired) electrons. The third kappa shape index (κ3) is 21.9. The average Bonchev–Trinajstić information content (AvgIpc) is 2.61. The van der Waals surface area contributed by atoms with Crippen molar-refractivity contribution in [3.63, 3.8) is 0 Å². The molecular formula is C23H49NO. The van der Waals surface area contributed by atoms with Crippen molar-refractivity contribution in [1.82, 2.24) is 5.32 Å². The van der Waals surface area contributed by atoms with Gasteiger partial charge in [-0.1, -0.05) is 122 Å². The van der Waals surface area contributed by atoms with Crippen LogP contribution in [0.25, 0.3) is 0 Å². The van der Waals surface area contributed by atoms with Crippen LogP contribution in [0, 0.1) is 0 Å². The number of aliphatic hydroxyl groups is 1.